The summed E-state index contributed by atoms with van der Waals surface area (Å²) in [6, 6.07) is 68.7. The summed E-state index contributed by atoms with van der Waals surface area (Å²) in [6.45, 7) is 5.53. The van der Waals surface area contributed by atoms with Crippen molar-refractivity contribution in [1.29, 1.82) is 0 Å². The molecule has 0 saturated carbocycles. The summed E-state index contributed by atoms with van der Waals surface area (Å²) in [7, 11) is 0. The highest BCUT2D eigenvalue weighted by Gasteiger charge is 2.39. The molecule has 1 heteroatoms. The summed E-state index contributed by atoms with van der Waals surface area (Å²) in [5.74, 6) is 0. The molecule has 0 aliphatic heterocycles. The first-order chi connectivity index (χ1) is 25.1. The van der Waals surface area contributed by atoms with Gasteiger partial charge in [-0.05, 0) is 102 Å². The van der Waals surface area contributed by atoms with Gasteiger partial charge < -0.3 is 4.90 Å². The second kappa shape index (κ2) is 12.6. The van der Waals surface area contributed by atoms with Crippen molar-refractivity contribution < 1.29 is 0 Å². The first-order valence-electron chi connectivity index (χ1n) is 17.9. The standard InChI is InChI=1S/C50H39N/c1-50(2)47-31-30-42(33-46(47)48-45(38-20-10-5-11-21-38)32-39-22-12-15-25-44(39)49(48)50)51(41-28-26-36(27-29-41)35-16-6-3-7-17-35)34-40-23-13-14-24-43(40)37-18-8-4-9-19-37/h3-33H,34H2,1-2H3. The molecule has 0 atom stereocenters. The predicted octanol–water partition coefficient (Wildman–Crippen LogP) is 13.5. The van der Waals surface area contributed by atoms with Crippen LogP contribution < -0.4 is 4.90 Å². The smallest absolute Gasteiger partial charge is 0.0487 e. The van der Waals surface area contributed by atoms with Gasteiger partial charge in [0.25, 0.3) is 0 Å². The van der Waals surface area contributed by atoms with Crippen LogP contribution in [0.4, 0.5) is 11.4 Å². The molecule has 0 bridgehead atoms. The summed E-state index contributed by atoms with van der Waals surface area (Å²) in [4.78, 5) is 2.49. The Morgan fingerprint density at radius 3 is 1.69 bits per heavy atom. The molecule has 0 radical (unpaired) electrons. The minimum absolute atomic E-state index is 0.157. The summed E-state index contributed by atoms with van der Waals surface area (Å²) in [5.41, 5.74) is 16.4. The van der Waals surface area contributed by atoms with E-state index in [1.54, 1.807) is 0 Å². The van der Waals surface area contributed by atoms with Gasteiger partial charge in [-0.15, -0.1) is 0 Å². The van der Waals surface area contributed by atoms with Crippen LogP contribution in [0.5, 0.6) is 0 Å². The first-order valence-corrected chi connectivity index (χ1v) is 17.9. The number of hydrogen-bond donors (Lipinski definition) is 0. The molecule has 244 valence electrons. The van der Waals surface area contributed by atoms with Crippen LogP contribution in [0, 0.1) is 0 Å². The van der Waals surface area contributed by atoms with Crippen molar-refractivity contribution in [1.82, 2.24) is 0 Å². The van der Waals surface area contributed by atoms with E-state index in [2.05, 4.69) is 207 Å². The van der Waals surface area contributed by atoms with Gasteiger partial charge in [-0.1, -0.05) is 172 Å². The Bertz CT molecular complexity index is 2500. The fourth-order valence-corrected chi connectivity index (χ4v) is 8.23. The van der Waals surface area contributed by atoms with E-state index in [0.717, 1.165) is 12.2 Å². The van der Waals surface area contributed by atoms with Gasteiger partial charge in [0, 0.05) is 23.3 Å². The Morgan fingerprint density at radius 1 is 0.431 bits per heavy atom. The van der Waals surface area contributed by atoms with Crippen molar-refractivity contribution >= 4 is 22.1 Å². The Kier molecular flexibility index (Phi) is 7.63. The van der Waals surface area contributed by atoms with Crippen molar-refractivity contribution in [3.8, 4) is 44.5 Å². The van der Waals surface area contributed by atoms with Crippen molar-refractivity contribution in [2.75, 3.05) is 4.90 Å². The first kappa shape index (κ1) is 30.8. The average molecular weight is 654 g/mol. The van der Waals surface area contributed by atoms with E-state index in [0.29, 0.717) is 0 Å². The zero-order valence-corrected chi connectivity index (χ0v) is 29.1. The summed E-state index contributed by atoms with van der Waals surface area (Å²) < 4.78 is 0. The molecule has 8 aromatic rings. The quantitative estimate of drug-likeness (QED) is 0.165. The Morgan fingerprint density at radius 2 is 0.980 bits per heavy atom. The number of nitrogens with zero attached hydrogens (tertiary/aromatic N) is 1. The maximum atomic E-state index is 2.49. The highest BCUT2D eigenvalue weighted by atomic mass is 15.1. The Balaban J connectivity index is 1.24. The SMILES string of the molecule is CC1(C)c2ccc(N(Cc3ccccc3-c3ccccc3)c3ccc(-c4ccccc4)cc3)cc2-c2c(-c3ccccc3)cc3ccccc3c21. The van der Waals surface area contributed by atoms with Gasteiger partial charge in [0.1, 0.15) is 0 Å². The lowest BCUT2D eigenvalue weighted by Gasteiger charge is -2.28. The van der Waals surface area contributed by atoms with E-state index in [9.17, 15) is 0 Å². The summed E-state index contributed by atoms with van der Waals surface area (Å²) in [6.07, 6.45) is 0. The fraction of sp³-hybridized carbons (Fsp3) is 0.0800. The van der Waals surface area contributed by atoms with E-state index in [-0.39, 0.29) is 5.41 Å². The number of benzene rings is 8. The zero-order chi connectivity index (χ0) is 34.4. The van der Waals surface area contributed by atoms with Crippen molar-refractivity contribution in [2.45, 2.75) is 25.8 Å². The minimum atomic E-state index is -0.157. The van der Waals surface area contributed by atoms with Gasteiger partial charge in [-0.25, -0.2) is 0 Å². The third kappa shape index (κ3) is 5.43. The molecule has 0 fully saturated rings. The zero-order valence-electron chi connectivity index (χ0n) is 29.1. The Hall–Kier alpha value is -6.18. The maximum absolute atomic E-state index is 2.49. The lowest BCUT2D eigenvalue weighted by Crippen LogP contribution is -2.18. The molecule has 0 unspecified atom stereocenters. The summed E-state index contributed by atoms with van der Waals surface area (Å²) in [5, 5.41) is 2.62. The molecule has 1 nitrogen and oxygen atoms in total. The van der Waals surface area contributed by atoms with Crippen molar-refractivity contribution in [2.24, 2.45) is 0 Å². The minimum Gasteiger partial charge on any atom is -0.337 e. The van der Waals surface area contributed by atoms with Gasteiger partial charge in [-0.3, -0.25) is 0 Å². The van der Waals surface area contributed by atoms with Gasteiger partial charge >= 0.3 is 0 Å². The van der Waals surface area contributed by atoms with Crippen LogP contribution in [0.15, 0.2) is 188 Å². The normalized spacial score (nSPS) is 12.7. The summed E-state index contributed by atoms with van der Waals surface area (Å²) >= 11 is 0. The molecule has 9 rings (SSSR count). The molecule has 0 aromatic heterocycles. The highest BCUT2D eigenvalue weighted by Crippen LogP contribution is 2.55. The second-order valence-electron chi connectivity index (χ2n) is 14.1. The van der Waals surface area contributed by atoms with Gasteiger partial charge in [0.2, 0.25) is 0 Å². The highest BCUT2D eigenvalue weighted by molar-refractivity contribution is 6.05. The number of hydrogen-bond acceptors (Lipinski definition) is 1. The van der Waals surface area contributed by atoms with Gasteiger partial charge in [0.05, 0.1) is 0 Å². The van der Waals surface area contributed by atoms with Gasteiger partial charge in [-0.2, -0.15) is 0 Å². The lowest BCUT2D eigenvalue weighted by atomic mass is 9.79. The van der Waals surface area contributed by atoms with E-state index >= 15 is 0 Å². The molecule has 0 heterocycles. The number of anilines is 2. The van der Waals surface area contributed by atoms with E-state index in [4.69, 9.17) is 0 Å². The Labute approximate surface area is 301 Å². The van der Waals surface area contributed by atoms with Crippen LogP contribution >= 0.6 is 0 Å². The van der Waals surface area contributed by atoms with E-state index in [1.165, 1.54) is 77.7 Å². The lowest BCUT2D eigenvalue weighted by molar-refractivity contribution is 0.666. The van der Waals surface area contributed by atoms with Crippen LogP contribution in [0.3, 0.4) is 0 Å². The largest absolute Gasteiger partial charge is 0.337 e. The number of fused-ring (bicyclic) bond motifs is 5. The van der Waals surface area contributed by atoms with Crippen LogP contribution in [0.1, 0.15) is 30.5 Å². The maximum Gasteiger partial charge on any atom is 0.0487 e. The number of rotatable bonds is 7. The third-order valence-corrected chi connectivity index (χ3v) is 10.7. The van der Waals surface area contributed by atoms with E-state index in [1.807, 2.05) is 0 Å². The fourth-order valence-electron chi connectivity index (χ4n) is 8.23. The molecule has 1 aliphatic carbocycles. The van der Waals surface area contributed by atoms with Gasteiger partial charge in [0.15, 0.2) is 0 Å². The van der Waals surface area contributed by atoms with Crippen molar-refractivity contribution in [3.63, 3.8) is 0 Å². The average Bonchev–Trinajstić information content (AvgIpc) is 3.44. The van der Waals surface area contributed by atoms with E-state index < -0.39 is 0 Å². The molecule has 0 N–H and O–H groups in total. The molecule has 1 aliphatic rings. The molecule has 51 heavy (non-hydrogen) atoms. The second-order valence-corrected chi connectivity index (χ2v) is 14.1. The molecule has 0 spiro atoms. The third-order valence-electron chi connectivity index (χ3n) is 10.7. The van der Waals surface area contributed by atoms with Crippen LogP contribution in [-0.4, -0.2) is 0 Å². The van der Waals surface area contributed by atoms with Crippen LogP contribution in [0.25, 0.3) is 55.3 Å². The molecule has 8 aromatic carbocycles. The monoisotopic (exact) mass is 653 g/mol. The van der Waals surface area contributed by atoms with Crippen LogP contribution in [0.2, 0.25) is 0 Å². The molecule has 0 amide bonds. The predicted molar refractivity (Wildman–Crippen MR) is 217 cm³/mol. The van der Waals surface area contributed by atoms with Crippen molar-refractivity contribution in [3.05, 3.63) is 205 Å². The molecular weight excluding hydrogens is 615 g/mol. The molecule has 0 saturated heterocycles. The topological polar surface area (TPSA) is 3.24 Å². The van der Waals surface area contributed by atoms with Crippen LogP contribution in [-0.2, 0) is 12.0 Å². The molecular formula is C50H39N.